The molecule has 1 heterocycles. The highest BCUT2D eigenvalue weighted by atomic mass is 32.1. The fourth-order valence-corrected chi connectivity index (χ4v) is 3.80. The minimum Gasteiger partial charge on any atom is -0.366 e. The summed E-state index contributed by atoms with van der Waals surface area (Å²) in [6, 6.07) is 5.81. The number of rotatable bonds is 3. The van der Waals surface area contributed by atoms with Gasteiger partial charge in [0, 0.05) is 11.3 Å². The molecular weight excluding hydrogens is 436 g/mol. The van der Waals surface area contributed by atoms with Gasteiger partial charge in [-0.15, -0.1) is 0 Å². The molecule has 2 aromatic carbocycles. The summed E-state index contributed by atoms with van der Waals surface area (Å²) in [5, 5.41) is 8.78. The third-order valence-corrected chi connectivity index (χ3v) is 5.31. The second kappa shape index (κ2) is 7.63. The quantitative estimate of drug-likeness (QED) is 0.570. The first-order valence-corrected chi connectivity index (χ1v) is 9.18. The number of halogens is 4. The average Bonchev–Trinajstić information content (AvgIpc) is 2.91. The molecule has 1 saturated heterocycles. The van der Waals surface area contributed by atoms with E-state index in [0.29, 0.717) is 6.07 Å². The van der Waals surface area contributed by atoms with Crippen molar-refractivity contribution in [2.24, 2.45) is 5.73 Å². The lowest BCUT2D eigenvalue weighted by molar-refractivity contribution is -0.137. The number of benzene rings is 2. The minimum atomic E-state index is -4.82. The average molecular weight is 450 g/mol. The fraction of sp³-hybridized carbons (Fsp3) is 0.200. The standard InChI is InChI=1S/C20H14F4N4O2S/c1-9-15(6-5-13(16(9)21)17(26)29)27-10(2)18(30)28(19(27)31)12-4-3-11(8-25)14(7-12)20(22,23)24/h3-7,10H,1-2H3,(H2,26,29). The topological polar surface area (TPSA) is 90.4 Å². The molecule has 1 aliphatic rings. The predicted octanol–water partition coefficient (Wildman–Crippen LogP) is 3.65. The van der Waals surface area contributed by atoms with Crippen molar-refractivity contribution in [1.82, 2.24) is 0 Å². The summed E-state index contributed by atoms with van der Waals surface area (Å²) in [5.74, 6) is -2.50. The number of alkyl halides is 3. The van der Waals surface area contributed by atoms with E-state index in [-0.39, 0.29) is 27.6 Å². The van der Waals surface area contributed by atoms with Crippen LogP contribution in [0.15, 0.2) is 30.3 Å². The van der Waals surface area contributed by atoms with Crippen molar-refractivity contribution in [3.63, 3.8) is 0 Å². The van der Waals surface area contributed by atoms with E-state index in [4.69, 9.17) is 23.2 Å². The van der Waals surface area contributed by atoms with Gasteiger partial charge in [0.15, 0.2) is 5.11 Å². The minimum absolute atomic E-state index is 0.00374. The van der Waals surface area contributed by atoms with E-state index in [9.17, 15) is 27.2 Å². The third-order valence-electron chi connectivity index (χ3n) is 4.93. The van der Waals surface area contributed by atoms with Gasteiger partial charge in [-0.25, -0.2) is 4.39 Å². The number of amides is 2. The van der Waals surface area contributed by atoms with Crippen LogP contribution in [0.5, 0.6) is 0 Å². The van der Waals surface area contributed by atoms with Gasteiger partial charge in [-0.1, -0.05) is 0 Å². The number of primary amides is 1. The van der Waals surface area contributed by atoms with Gasteiger partial charge in [0.1, 0.15) is 11.9 Å². The number of carbonyl (C=O) groups is 2. The van der Waals surface area contributed by atoms with Gasteiger partial charge in [0.25, 0.3) is 11.8 Å². The lowest BCUT2D eigenvalue weighted by Gasteiger charge is -2.25. The van der Waals surface area contributed by atoms with Crippen LogP contribution in [0.2, 0.25) is 0 Å². The Labute approximate surface area is 179 Å². The number of thiocarbonyl (C=S) groups is 1. The second-order valence-corrected chi connectivity index (χ2v) is 7.14. The van der Waals surface area contributed by atoms with Crippen molar-refractivity contribution in [1.29, 1.82) is 5.26 Å². The number of nitriles is 1. The molecule has 0 aromatic heterocycles. The lowest BCUT2D eigenvalue weighted by atomic mass is 10.1. The van der Waals surface area contributed by atoms with E-state index in [1.54, 1.807) is 0 Å². The summed E-state index contributed by atoms with van der Waals surface area (Å²) in [7, 11) is 0. The van der Waals surface area contributed by atoms with Crippen LogP contribution in [0.3, 0.4) is 0 Å². The molecule has 3 rings (SSSR count). The molecule has 1 aliphatic heterocycles. The Kier molecular flexibility index (Phi) is 5.45. The molecular formula is C20H14F4N4O2S. The second-order valence-electron chi connectivity index (χ2n) is 6.78. The Bertz CT molecular complexity index is 1170. The van der Waals surface area contributed by atoms with E-state index in [1.807, 2.05) is 0 Å². The first-order chi connectivity index (χ1) is 14.4. The third kappa shape index (κ3) is 3.59. The maximum absolute atomic E-state index is 14.6. The summed E-state index contributed by atoms with van der Waals surface area (Å²) in [6.45, 7) is 2.82. The smallest absolute Gasteiger partial charge is 0.366 e. The van der Waals surface area contributed by atoms with Gasteiger partial charge < -0.3 is 10.6 Å². The zero-order valence-electron chi connectivity index (χ0n) is 16.1. The Hall–Kier alpha value is -3.52. The highest BCUT2D eigenvalue weighted by Gasteiger charge is 2.43. The zero-order chi connectivity index (χ0) is 23.2. The summed E-state index contributed by atoms with van der Waals surface area (Å²) in [5.41, 5.74) is 2.98. The maximum Gasteiger partial charge on any atom is 0.417 e. The van der Waals surface area contributed by atoms with Crippen molar-refractivity contribution in [2.45, 2.75) is 26.1 Å². The van der Waals surface area contributed by atoms with Crippen LogP contribution in [-0.2, 0) is 11.0 Å². The van der Waals surface area contributed by atoms with E-state index >= 15 is 0 Å². The molecule has 1 fully saturated rings. The highest BCUT2D eigenvalue weighted by Crippen LogP contribution is 2.37. The molecule has 0 aliphatic carbocycles. The lowest BCUT2D eigenvalue weighted by Crippen LogP contribution is -2.34. The van der Waals surface area contributed by atoms with Crippen LogP contribution in [0.25, 0.3) is 0 Å². The summed E-state index contributed by atoms with van der Waals surface area (Å²) in [6.07, 6.45) is -4.82. The first kappa shape index (κ1) is 22.2. The summed E-state index contributed by atoms with van der Waals surface area (Å²) < 4.78 is 54.6. The van der Waals surface area contributed by atoms with Gasteiger partial charge in [-0.2, -0.15) is 18.4 Å². The zero-order valence-corrected chi connectivity index (χ0v) is 16.9. The van der Waals surface area contributed by atoms with Gasteiger partial charge in [0.2, 0.25) is 0 Å². The van der Waals surface area contributed by atoms with Gasteiger partial charge >= 0.3 is 6.18 Å². The van der Waals surface area contributed by atoms with E-state index in [1.165, 1.54) is 36.9 Å². The molecule has 160 valence electrons. The van der Waals surface area contributed by atoms with Crippen LogP contribution in [-0.4, -0.2) is 23.0 Å². The molecule has 2 N–H and O–H groups in total. The Balaban J connectivity index is 2.10. The van der Waals surface area contributed by atoms with Gasteiger partial charge in [-0.3, -0.25) is 14.5 Å². The SMILES string of the molecule is Cc1c(N2C(=S)N(c3ccc(C#N)c(C(F)(F)F)c3)C(=O)C2C)ccc(C(N)=O)c1F. The molecule has 0 bridgehead atoms. The van der Waals surface area contributed by atoms with Crippen LogP contribution < -0.4 is 15.5 Å². The largest absolute Gasteiger partial charge is 0.417 e. The predicted molar refractivity (Wildman–Crippen MR) is 108 cm³/mol. The van der Waals surface area contributed by atoms with Crippen LogP contribution >= 0.6 is 12.2 Å². The molecule has 0 radical (unpaired) electrons. The van der Waals surface area contributed by atoms with Gasteiger partial charge in [0.05, 0.1) is 28.4 Å². The first-order valence-electron chi connectivity index (χ1n) is 8.77. The molecule has 11 heteroatoms. The number of hydrogen-bond acceptors (Lipinski definition) is 4. The highest BCUT2D eigenvalue weighted by molar-refractivity contribution is 7.81. The Morgan fingerprint density at radius 2 is 1.90 bits per heavy atom. The van der Waals surface area contributed by atoms with E-state index in [2.05, 4.69) is 0 Å². The molecule has 0 spiro atoms. The maximum atomic E-state index is 14.6. The van der Waals surface area contributed by atoms with E-state index in [0.717, 1.165) is 17.0 Å². The molecule has 31 heavy (non-hydrogen) atoms. The fourth-order valence-electron chi connectivity index (χ4n) is 3.34. The van der Waals surface area contributed by atoms with Crippen molar-refractivity contribution >= 4 is 40.5 Å². The van der Waals surface area contributed by atoms with Crippen molar-refractivity contribution < 1.29 is 27.2 Å². The van der Waals surface area contributed by atoms with E-state index < -0.39 is 41.0 Å². The van der Waals surface area contributed by atoms with Crippen molar-refractivity contribution in [3.05, 3.63) is 58.4 Å². The summed E-state index contributed by atoms with van der Waals surface area (Å²) >= 11 is 5.34. The summed E-state index contributed by atoms with van der Waals surface area (Å²) in [4.78, 5) is 26.4. The Morgan fingerprint density at radius 3 is 2.45 bits per heavy atom. The normalized spacial score (nSPS) is 16.6. The molecule has 2 amide bonds. The molecule has 0 saturated carbocycles. The molecule has 1 atom stereocenters. The molecule has 1 unspecified atom stereocenters. The Morgan fingerprint density at radius 1 is 1.26 bits per heavy atom. The van der Waals surface area contributed by atoms with Gasteiger partial charge in [-0.05, 0) is 56.4 Å². The number of carbonyl (C=O) groups excluding carboxylic acids is 2. The van der Waals surface area contributed by atoms with Crippen molar-refractivity contribution in [2.75, 3.05) is 9.80 Å². The number of nitrogens with zero attached hydrogens (tertiary/aromatic N) is 3. The number of anilines is 2. The number of nitrogens with two attached hydrogens (primary N) is 1. The monoisotopic (exact) mass is 450 g/mol. The van der Waals surface area contributed by atoms with Crippen molar-refractivity contribution in [3.8, 4) is 6.07 Å². The molecule has 2 aromatic rings. The van der Waals surface area contributed by atoms with Crippen LogP contribution in [0, 0.1) is 24.1 Å². The number of hydrogen-bond donors (Lipinski definition) is 1. The van der Waals surface area contributed by atoms with Crippen LogP contribution in [0.1, 0.15) is 34.0 Å². The molecule has 6 nitrogen and oxygen atoms in total. The van der Waals surface area contributed by atoms with Crippen LogP contribution in [0.4, 0.5) is 28.9 Å².